The standard InChI is InChI=1S/C19H36ClFN2O3/c1-6-8-12-16(7-2)19(24)22-13-10-9-11-14-23(3,26-5)17(20)15-18(21)25-4/h15-16,18H,6-14H2,1-5H3/p+1/b17-15+. The number of nitrogens with zero attached hydrogens (tertiary/aromatic N) is 1. The summed E-state index contributed by atoms with van der Waals surface area (Å²) in [5.74, 6) is 0.291. The minimum Gasteiger partial charge on any atom is -0.356 e. The Morgan fingerprint density at radius 1 is 1.23 bits per heavy atom. The average Bonchev–Trinajstić information content (AvgIpc) is 2.64. The summed E-state index contributed by atoms with van der Waals surface area (Å²) < 4.78 is 17.8. The number of nitrogens with one attached hydrogen (secondary N) is 1. The molecule has 0 spiro atoms. The van der Waals surface area contributed by atoms with E-state index in [1.54, 1.807) is 7.05 Å². The number of carbonyl (C=O) groups excluding carboxylic acids is 1. The van der Waals surface area contributed by atoms with Crippen molar-refractivity contribution in [1.82, 2.24) is 5.32 Å². The number of carbonyl (C=O) groups is 1. The highest BCUT2D eigenvalue weighted by molar-refractivity contribution is 6.28. The van der Waals surface area contributed by atoms with Gasteiger partial charge in [0.25, 0.3) is 0 Å². The molecule has 0 aliphatic carbocycles. The minimum atomic E-state index is -1.55. The van der Waals surface area contributed by atoms with Crippen molar-refractivity contribution in [3.8, 4) is 0 Å². The predicted octanol–water partition coefficient (Wildman–Crippen LogP) is 4.52. The molecule has 0 rings (SSSR count). The second-order valence-electron chi connectivity index (χ2n) is 6.68. The largest absolute Gasteiger partial charge is 0.356 e. The van der Waals surface area contributed by atoms with Gasteiger partial charge in [0.2, 0.25) is 17.4 Å². The maximum Gasteiger partial charge on any atom is 0.235 e. The van der Waals surface area contributed by atoms with Gasteiger partial charge in [-0.2, -0.15) is 0 Å². The van der Waals surface area contributed by atoms with E-state index in [2.05, 4.69) is 23.9 Å². The van der Waals surface area contributed by atoms with Crippen LogP contribution >= 0.6 is 11.6 Å². The van der Waals surface area contributed by atoms with E-state index < -0.39 is 6.36 Å². The first kappa shape index (κ1) is 25.3. The molecule has 0 bridgehead atoms. The highest BCUT2D eigenvalue weighted by atomic mass is 35.5. The molecule has 7 heteroatoms. The Morgan fingerprint density at radius 3 is 2.46 bits per heavy atom. The van der Waals surface area contributed by atoms with E-state index >= 15 is 0 Å². The van der Waals surface area contributed by atoms with Gasteiger partial charge < -0.3 is 10.1 Å². The van der Waals surface area contributed by atoms with Crippen molar-refractivity contribution in [3.63, 3.8) is 0 Å². The second-order valence-corrected chi connectivity index (χ2v) is 7.07. The molecule has 154 valence electrons. The molecule has 0 aliphatic heterocycles. The Balaban J connectivity index is 4.16. The van der Waals surface area contributed by atoms with E-state index in [0.717, 1.165) is 44.9 Å². The molecule has 0 aromatic rings. The normalized spacial score (nSPS) is 16.8. The number of quaternary nitrogens is 1. The van der Waals surface area contributed by atoms with E-state index in [0.29, 0.717) is 13.1 Å². The fourth-order valence-electron chi connectivity index (χ4n) is 2.66. The van der Waals surface area contributed by atoms with Crippen LogP contribution in [0.5, 0.6) is 0 Å². The first-order chi connectivity index (χ1) is 12.3. The molecule has 0 heterocycles. The summed E-state index contributed by atoms with van der Waals surface area (Å²) in [6.45, 7) is 5.50. The third-order valence-corrected chi connectivity index (χ3v) is 5.16. The zero-order valence-electron chi connectivity index (χ0n) is 17.0. The van der Waals surface area contributed by atoms with Gasteiger partial charge in [-0.1, -0.05) is 26.7 Å². The Labute approximate surface area is 163 Å². The molecule has 0 aromatic carbocycles. The number of alkyl halides is 1. The monoisotopic (exact) mass is 395 g/mol. The van der Waals surface area contributed by atoms with Gasteiger partial charge in [-0.25, -0.2) is 9.23 Å². The van der Waals surface area contributed by atoms with Crippen LogP contribution in [0.15, 0.2) is 11.2 Å². The number of hydrogen-bond acceptors (Lipinski definition) is 3. The van der Waals surface area contributed by atoms with Crippen LogP contribution in [0.1, 0.15) is 58.8 Å². The van der Waals surface area contributed by atoms with Crippen LogP contribution in [0.3, 0.4) is 0 Å². The van der Waals surface area contributed by atoms with Gasteiger partial charge in [-0.3, -0.25) is 4.79 Å². The molecule has 1 amide bonds. The molecule has 5 nitrogen and oxygen atoms in total. The quantitative estimate of drug-likeness (QED) is 0.192. The van der Waals surface area contributed by atoms with Crippen LogP contribution in [0, 0.1) is 5.92 Å². The lowest BCUT2D eigenvalue weighted by Crippen LogP contribution is -2.41. The van der Waals surface area contributed by atoms with Crippen LogP contribution in [0.25, 0.3) is 0 Å². The lowest BCUT2D eigenvalue weighted by Gasteiger charge is -2.28. The third-order valence-electron chi connectivity index (χ3n) is 4.68. The van der Waals surface area contributed by atoms with Gasteiger partial charge in [-0.05, 0) is 43.7 Å². The van der Waals surface area contributed by atoms with Gasteiger partial charge >= 0.3 is 0 Å². The number of rotatable bonds is 15. The van der Waals surface area contributed by atoms with Gasteiger partial charge in [-0.15, -0.1) is 4.65 Å². The Morgan fingerprint density at radius 2 is 1.92 bits per heavy atom. The van der Waals surface area contributed by atoms with Crippen molar-refractivity contribution in [2.75, 3.05) is 34.4 Å². The van der Waals surface area contributed by atoms with Crippen molar-refractivity contribution in [3.05, 3.63) is 11.2 Å². The molecule has 3 unspecified atom stereocenters. The van der Waals surface area contributed by atoms with Crippen molar-refractivity contribution in [1.29, 1.82) is 0 Å². The molecule has 0 saturated heterocycles. The second kappa shape index (κ2) is 14.4. The number of ether oxygens (including phenoxy) is 1. The third kappa shape index (κ3) is 9.86. The summed E-state index contributed by atoms with van der Waals surface area (Å²) >= 11 is 6.17. The summed E-state index contributed by atoms with van der Waals surface area (Å²) in [5.41, 5.74) is 0. The number of halogens is 2. The molecule has 0 aliphatic rings. The summed E-state index contributed by atoms with van der Waals surface area (Å²) in [7, 11) is 4.60. The van der Waals surface area contributed by atoms with Crippen LogP contribution < -0.4 is 5.32 Å². The molecule has 0 radical (unpaired) electrons. The number of hydroxylamine groups is 3. The smallest absolute Gasteiger partial charge is 0.235 e. The van der Waals surface area contributed by atoms with E-state index in [4.69, 9.17) is 16.4 Å². The van der Waals surface area contributed by atoms with Gasteiger partial charge in [0.15, 0.2) is 0 Å². The Hall–Kier alpha value is -0.690. The van der Waals surface area contributed by atoms with Crippen LogP contribution in [-0.2, 0) is 14.4 Å². The highest BCUT2D eigenvalue weighted by Gasteiger charge is 2.28. The topological polar surface area (TPSA) is 47.6 Å². The van der Waals surface area contributed by atoms with Gasteiger partial charge in [0.1, 0.15) is 13.6 Å². The van der Waals surface area contributed by atoms with E-state index in [1.165, 1.54) is 20.3 Å². The van der Waals surface area contributed by atoms with E-state index in [-0.39, 0.29) is 21.6 Å². The summed E-state index contributed by atoms with van der Waals surface area (Å²) in [5, 5.41) is 3.28. The van der Waals surface area contributed by atoms with E-state index in [9.17, 15) is 9.18 Å². The first-order valence-electron chi connectivity index (χ1n) is 9.58. The molecule has 3 atom stereocenters. The predicted molar refractivity (Wildman–Crippen MR) is 104 cm³/mol. The van der Waals surface area contributed by atoms with Crippen LogP contribution in [-0.4, -0.2) is 51.3 Å². The average molecular weight is 396 g/mol. The molecular formula is C19H37ClFN2O3+. The molecule has 0 aromatic heterocycles. The SMILES string of the molecule is CCCCC(CC)C(=O)NCCCCC[N+](C)(OC)/C(Cl)=C/C(F)OC. The minimum absolute atomic E-state index is 0.00732. The van der Waals surface area contributed by atoms with Crippen molar-refractivity contribution >= 4 is 17.5 Å². The molecular weight excluding hydrogens is 359 g/mol. The summed E-state index contributed by atoms with van der Waals surface area (Å²) in [4.78, 5) is 17.6. The zero-order valence-corrected chi connectivity index (χ0v) is 17.8. The van der Waals surface area contributed by atoms with Gasteiger partial charge in [0.05, 0.1) is 13.2 Å². The Bertz CT molecular complexity index is 424. The number of amides is 1. The van der Waals surface area contributed by atoms with Crippen LogP contribution in [0.2, 0.25) is 0 Å². The number of unbranched alkanes of at least 4 members (excludes halogenated alkanes) is 3. The highest BCUT2D eigenvalue weighted by Crippen LogP contribution is 2.22. The molecule has 1 N–H and O–H groups in total. The fraction of sp³-hybridized carbons (Fsp3) is 0.842. The lowest BCUT2D eigenvalue weighted by atomic mass is 9.98. The summed E-state index contributed by atoms with van der Waals surface area (Å²) in [6, 6.07) is 0. The van der Waals surface area contributed by atoms with E-state index in [1.807, 2.05) is 0 Å². The summed E-state index contributed by atoms with van der Waals surface area (Å²) in [6.07, 6.45) is 6.38. The maximum atomic E-state index is 13.3. The van der Waals surface area contributed by atoms with Gasteiger partial charge in [0, 0.05) is 19.6 Å². The van der Waals surface area contributed by atoms with Crippen molar-refractivity contribution < 1.29 is 23.4 Å². The zero-order chi connectivity index (χ0) is 20.0. The fourth-order valence-corrected chi connectivity index (χ4v) is 2.91. The molecule has 0 fully saturated rings. The molecule has 26 heavy (non-hydrogen) atoms. The van der Waals surface area contributed by atoms with Crippen LogP contribution in [0.4, 0.5) is 4.39 Å². The maximum absolute atomic E-state index is 13.3. The number of hydrogen-bond donors (Lipinski definition) is 1. The van der Waals surface area contributed by atoms with Crippen molar-refractivity contribution in [2.24, 2.45) is 5.92 Å². The number of methoxy groups -OCH3 is 1. The van der Waals surface area contributed by atoms with Crippen molar-refractivity contribution in [2.45, 2.75) is 65.2 Å². The molecule has 0 saturated carbocycles. The Kier molecular flexibility index (Phi) is 14.0. The lowest BCUT2D eigenvalue weighted by molar-refractivity contribution is -1.05. The first-order valence-corrected chi connectivity index (χ1v) is 9.96.